The number of halogens is 2. The molecule has 2 aliphatic rings. The fraction of sp³-hybridized carbons (Fsp3) is 0.375. The summed E-state index contributed by atoms with van der Waals surface area (Å²) in [5.74, 6) is -0.781. The van der Waals surface area contributed by atoms with Gasteiger partial charge in [-0.2, -0.15) is 0 Å². The van der Waals surface area contributed by atoms with Crippen LogP contribution in [0, 0.1) is 0 Å². The molecule has 8 nitrogen and oxygen atoms in total. The summed E-state index contributed by atoms with van der Waals surface area (Å²) in [6, 6.07) is 13.6. The first-order valence-corrected chi connectivity index (χ1v) is 12.0. The van der Waals surface area contributed by atoms with Gasteiger partial charge in [0, 0.05) is 60.7 Å². The van der Waals surface area contributed by atoms with Crippen LogP contribution in [-0.4, -0.2) is 79.4 Å². The van der Waals surface area contributed by atoms with Crippen LogP contribution in [0.1, 0.15) is 6.42 Å². The second kappa shape index (κ2) is 11.1. The van der Waals surface area contributed by atoms with Gasteiger partial charge in [0.25, 0.3) is 0 Å². The van der Waals surface area contributed by atoms with E-state index in [0.29, 0.717) is 28.8 Å². The number of hydrogen-bond donors (Lipinski definition) is 2. The Morgan fingerprint density at radius 1 is 0.912 bits per heavy atom. The summed E-state index contributed by atoms with van der Waals surface area (Å²) in [7, 11) is 0. The Balaban J connectivity index is 1.31. The Morgan fingerprint density at radius 3 is 2.18 bits per heavy atom. The van der Waals surface area contributed by atoms with Crippen molar-refractivity contribution in [3.63, 3.8) is 0 Å². The van der Waals surface area contributed by atoms with Crippen LogP contribution in [0.5, 0.6) is 0 Å². The van der Waals surface area contributed by atoms with Crippen LogP contribution in [0.2, 0.25) is 10.0 Å². The number of carbonyl (C=O) groups excluding carboxylic acids is 3. The minimum Gasteiger partial charge on any atom is -0.369 e. The predicted octanol–water partition coefficient (Wildman–Crippen LogP) is 2.47. The first-order chi connectivity index (χ1) is 16.4. The number of amides is 3. The molecule has 34 heavy (non-hydrogen) atoms. The Labute approximate surface area is 208 Å². The van der Waals surface area contributed by atoms with Gasteiger partial charge in [-0.3, -0.25) is 19.3 Å². The Bertz CT molecular complexity index is 1020. The lowest BCUT2D eigenvalue weighted by molar-refractivity contribution is -0.145. The second-order valence-corrected chi connectivity index (χ2v) is 9.27. The number of piperazine rings is 2. The first-order valence-electron chi connectivity index (χ1n) is 11.2. The predicted molar refractivity (Wildman–Crippen MR) is 133 cm³/mol. The van der Waals surface area contributed by atoms with Gasteiger partial charge >= 0.3 is 0 Å². The summed E-state index contributed by atoms with van der Waals surface area (Å²) in [4.78, 5) is 44.1. The number of hydrogen-bond acceptors (Lipinski definition) is 5. The standard InChI is InChI=1S/C24H27Cl2N5O3/c25-17-1-5-19(6-2-17)28-22(32)15-21-24(34)27-9-10-31(21)23(33)16-29-11-13-30(14-12-29)20-7-3-18(26)4-8-20/h1-8,21H,9-16H2,(H,27,34)(H,28,32)/t21-/m0/s1. The molecule has 0 unspecified atom stereocenters. The highest BCUT2D eigenvalue weighted by atomic mass is 35.5. The van der Waals surface area contributed by atoms with Gasteiger partial charge < -0.3 is 20.4 Å². The zero-order valence-electron chi connectivity index (χ0n) is 18.7. The molecule has 1 atom stereocenters. The molecule has 4 rings (SSSR count). The molecule has 0 bridgehead atoms. The molecule has 0 spiro atoms. The lowest BCUT2D eigenvalue weighted by Crippen LogP contribution is -2.60. The van der Waals surface area contributed by atoms with Crippen LogP contribution >= 0.6 is 23.2 Å². The molecule has 2 heterocycles. The quantitative estimate of drug-likeness (QED) is 0.632. The van der Waals surface area contributed by atoms with E-state index in [2.05, 4.69) is 20.4 Å². The van der Waals surface area contributed by atoms with Crippen LogP contribution < -0.4 is 15.5 Å². The van der Waals surface area contributed by atoms with E-state index >= 15 is 0 Å². The Morgan fingerprint density at radius 2 is 1.53 bits per heavy atom. The van der Waals surface area contributed by atoms with Crippen LogP contribution in [0.3, 0.4) is 0 Å². The summed E-state index contributed by atoms with van der Waals surface area (Å²) in [5, 5.41) is 6.80. The Hall–Kier alpha value is -2.81. The van der Waals surface area contributed by atoms with Gasteiger partial charge in [0.05, 0.1) is 13.0 Å². The molecule has 2 saturated heterocycles. The maximum Gasteiger partial charge on any atom is 0.243 e. The molecule has 2 aromatic rings. The van der Waals surface area contributed by atoms with Gasteiger partial charge in [-0.05, 0) is 48.5 Å². The largest absolute Gasteiger partial charge is 0.369 e. The molecule has 3 amide bonds. The van der Waals surface area contributed by atoms with Gasteiger partial charge in [0.15, 0.2) is 0 Å². The Kier molecular flexibility index (Phi) is 7.92. The number of nitrogens with one attached hydrogen (secondary N) is 2. The average Bonchev–Trinajstić information content (AvgIpc) is 2.83. The third-order valence-corrected chi connectivity index (χ3v) is 6.58. The van der Waals surface area contributed by atoms with Crippen molar-refractivity contribution in [3.05, 3.63) is 58.6 Å². The smallest absolute Gasteiger partial charge is 0.243 e. The minimum absolute atomic E-state index is 0.107. The van der Waals surface area contributed by atoms with Gasteiger partial charge in [0.1, 0.15) is 6.04 Å². The molecule has 0 aromatic heterocycles. The fourth-order valence-corrected chi connectivity index (χ4v) is 4.49. The van der Waals surface area contributed by atoms with Gasteiger partial charge in [-0.25, -0.2) is 0 Å². The van der Waals surface area contributed by atoms with Crippen molar-refractivity contribution in [2.45, 2.75) is 12.5 Å². The second-order valence-electron chi connectivity index (χ2n) is 8.39. The molecule has 2 N–H and O–H groups in total. The van der Waals surface area contributed by atoms with Crippen molar-refractivity contribution in [1.29, 1.82) is 0 Å². The van der Waals surface area contributed by atoms with Crippen LogP contribution in [-0.2, 0) is 14.4 Å². The van der Waals surface area contributed by atoms with E-state index in [4.69, 9.17) is 23.2 Å². The van der Waals surface area contributed by atoms with E-state index in [9.17, 15) is 14.4 Å². The summed E-state index contributed by atoms with van der Waals surface area (Å²) in [6.07, 6.45) is -0.107. The van der Waals surface area contributed by atoms with Crippen LogP contribution in [0.15, 0.2) is 48.5 Å². The topological polar surface area (TPSA) is 85.0 Å². The molecule has 0 aliphatic carbocycles. The van der Waals surface area contributed by atoms with E-state index in [0.717, 1.165) is 31.9 Å². The average molecular weight is 504 g/mol. The van der Waals surface area contributed by atoms with Gasteiger partial charge in [-0.1, -0.05) is 23.2 Å². The maximum atomic E-state index is 13.1. The summed E-state index contributed by atoms with van der Waals surface area (Å²) in [5.41, 5.74) is 1.69. The van der Waals surface area contributed by atoms with E-state index in [-0.39, 0.29) is 30.7 Å². The third kappa shape index (κ3) is 6.20. The molecule has 10 heteroatoms. The SMILES string of the molecule is O=C(C[C@H]1C(=O)NCCN1C(=O)CN1CCN(c2ccc(Cl)cc2)CC1)Nc1ccc(Cl)cc1. The molecule has 0 radical (unpaired) electrons. The molecule has 2 aliphatic heterocycles. The zero-order chi connectivity index (χ0) is 24.1. The highest BCUT2D eigenvalue weighted by molar-refractivity contribution is 6.30. The number of rotatable bonds is 6. The third-order valence-electron chi connectivity index (χ3n) is 6.08. The zero-order valence-corrected chi connectivity index (χ0v) is 20.2. The van der Waals surface area contributed by atoms with E-state index in [1.807, 2.05) is 24.3 Å². The molecule has 180 valence electrons. The molecule has 0 saturated carbocycles. The first kappa shape index (κ1) is 24.3. The van der Waals surface area contributed by atoms with Crippen LogP contribution in [0.4, 0.5) is 11.4 Å². The van der Waals surface area contributed by atoms with E-state index in [1.165, 1.54) is 4.90 Å². The van der Waals surface area contributed by atoms with Crippen molar-refractivity contribution in [2.75, 3.05) is 56.0 Å². The highest BCUT2D eigenvalue weighted by Gasteiger charge is 2.35. The van der Waals surface area contributed by atoms with Crippen molar-refractivity contribution in [3.8, 4) is 0 Å². The van der Waals surface area contributed by atoms with Crippen molar-refractivity contribution in [2.24, 2.45) is 0 Å². The number of nitrogens with zero attached hydrogens (tertiary/aromatic N) is 3. The molecule has 2 fully saturated rings. The monoisotopic (exact) mass is 503 g/mol. The van der Waals surface area contributed by atoms with Crippen molar-refractivity contribution in [1.82, 2.24) is 15.1 Å². The lowest BCUT2D eigenvalue weighted by atomic mass is 10.1. The van der Waals surface area contributed by atoms with Gasteiger partial charge in [0.2, 0.25) is 17.7 Å². The molecular weight excluding hydrogens is 477 g/mol. The van der Waals surface area contributed by atoms with E-state index < -0.39 is 6.04 Å². The molecular formula is C24H27Cl2N5O3. The minimum atomic E-state index is -0.830. The summed E-state index contributed by atoms with van der Waals surface area (Å²) < 4.78 is 0. The van der Waals surface area contributed by atoms with Gasteiger partial charge in [-0.15, -0.1) is 0 Å². The maximum absolute atomic E-state index is 13.1. The fourth-order valence-electron chi connectivity index (χ4n) is 4.24. The number of carbonyl (C=O) groups is 3. The van der Waals surface area contributed by atoms with Crippen molar-refractivity contribution < 1.29 is 14.4 Å². The highest BCUT2D eigenvalue weighted by Crippen LogP contribution is 2.20. The molecule has 2 aromatic carbocycles. The van der Waals surface area contributed by atoms with Crippen molar-refractivity contribution >= 4 is 52.3 Å². The number of anilines is 2. The lowest BCUT2D eigenvalue weighted by Gasteiger charge is -2.39. The number of benzene rings is 2. The van der Waals surface area contributed by atoms with Crippen LogP contribution in [0.25, 0.3) is 0 Å². The summed E-state index contributed by atoms with van der Waals surface area (Å²) >= 11 is 11.9. The van der Waals surface area contributed by atoms with E-state index in [1.54, 1.807) is 24.3 Å². The normalized spacial score (nSPS) is 19.0. The summed E-state index contributed by atoms with van der Waals surface area (Å²) in [6.45, 7) is 4.03.